The standard InChI is InChI=1S/C23H32N2O2/c1-6-27-17-7-8-20-18(9-17)21(26)19(15(2)24-20)12-25-14-23(5)11-16(25)10-22(3,4)13-23/h7-9,16H,6,10-14H2,1-5H3,(H,24,26)/t16-,23+/m0/s1. The van der Waals surface area contributed by atoms with Crippen LogP contribution in [0, 0.1) is 17.8 Å². The molecule has 2 atom stereocenters. The van der Waals surface area contributed by atoms with Gasteiger partial charge in [-0.1, -0.05) is 20.8 Å². The summed E-state index contributed by atoms with van der Waals surface area (Å²) in [6.07, 6.45) is 3.76. The Bertz CT molecular complexity index is 930. The average Bonchev–Trinajstić information content (AvgIpc) is 2.80. The number of nitrogens with zero attached hydrogens (tertiary/aromatic N) is 1. The van der Waals surface area contributed by atoms with Gasteiger partial charge in [-0.3, -0.25) is 9.69 Å². The number of H-pyrrole nitrogens is 1. The van der Waals surface area contributed by atoms with Crippen molar-refractivity contribution in [2.45, 2.75) is 66.5 Å². The van der Waals surface area contributed by atoms with Crippen molar-refractivity contribution in [1.82, 2.24) is 9.88 Å². The Hall–Kier alpha value is -1.81. The minimum absolute atomic E-state index is 0.147. The van der Waals surface area contributed by atoms with Gasteiger partial charge in [0.1, 0.15) is 5.75 Å². The minimum Gasteiger partial charge on any atom is -0.494 e. The van der Waals surface area contributed by atoms with E-state index in [-0.39, 0.29) is 5.43 Å². The number of nitrogens with one attached hydrogen (secondary N) is 1. The molecule has 1 aromatic heterocycles. The van der Waals surface area contributed by atoms with Crippen molar-refractivity contribution in [1.29, 1.82) is 0 Å². The number of benzene rings is 1. The number of pyridine rings is 1. The van der Waals surface area contributed by atoms with Crippen molar-refractivity contribution in [3.8, 4) is 5.75 Å². The summed E-state index contributed by atoms with van der Waals surface area (Å²) >= 11 is 0. The molecular formula is C23H32N2O2. The van der Waals surface area contributed by atoms with Gasteiger partial charge in [-0.15, -0.1) is 0 Å². The van der Waals surface area contributed by atoms with E-state index in [1.54, 1.807) is 0 Å². The molecule has 2 bridgehead atoms. The molecule has 2 aromatic rings. The lowest BCUT2D eigenvalue weighted by Crippen LogP contribution is -2.35. The Morgan fingerprint density at radius 1 is 1.26 bits per heavy atom. The number of hydrogen-bond donors (Lipinski definition) is 1. The van der Waals surface area contributed by atoms with E-state index in [2.05, 4.69) is 30.7 Å². The van der Waals surface area contributed by atoms with Crippen LogP contribution in [0.1, 0.15) is 58.2 Å². The smallest absolute Gasteiger partial charge is 0.194 e. The van der Waals surface area contributed by atoms with Crippen LogP contribution < -0.4 is 10.2 Å². The van der Waals surface area contributed by atoms with Gasteiger partial charge in [0.05, 0.1) is 6.61 Å². The quantitative estimate of drug-likeness (QED) is 0.855. The number of fused-ring (bicyclic) bond motifs is 3. The van der Waals surface area contributed by atoms with Crippen LogP contribution in [0.2, 0.25) is 0 Å². The molecule has 0 spiro atoms. The van der Waals surface area contributed by atoms with E-state index >= 15 is 0 Å². The summed E-state index contributed by atoms with van der Waals surface area (Å²) in [4.78, 5) is 19.3. The Labute approximate surface area is 161 Å². The van der Waals surface area contributed by atoms with Gasteiger partial charge in [-0.2, -0.15) is 0 Å². The normalized spacial score (nSPS) is 27.2. The fourth-order valence-electron chi connectivity index (χ4n) is 5.84. The van der Waals surface area contributed by atoms with E-state index in [0.29, 0.717) is 23.5 Å². The molecule has 1 aromatic carbocycles. The fourth-order valence-corrected chi connectivity index (χ4v) is 5.84. The monoisotopic (exact) mass is 368 g/mol. The highest BCUT2D eigenvalue weighted by Gasteiger charge is 2.49. The Morgan fingerprint density at radius 3 is 2.78 bits per heavy atom. The molecule has 4 rings (SSSR count). The lowest BCUT2D eigenvalue weighted by atomic mass is 9.65. The van der Waals surface area contributed by atoms with Crippen LogP contribution in [0.4, 0.5) is 0 Å². The van der Waals surface area contributed by atoms with E-state index in [9.17, 15) is 4.79 Å². The summed E-state index contributed by atoms with van der Waals surface area (Å²) in [7, 11) is 0. The molecule has 0 unspecified atom stereocenters. The largest absolute Gasteiger partial charge is 0.494 e. The summed E-state index contributed by atoms with van der Waals surface area (Å²) in [5, 5.41) is 0.732. The van der Waals surface area contributed by atoms with Crippen LogP contribution in [-0.2, 0) is 6.54 Å². The first-order chi connectivity index (χ1) is 12.7. The number of likely N-dealkylation sites (tertiary alicyclic amines) is 1. The van der Waals surface area contributed by atoms with Gasteiger partial charge in [0, 0.05) is 41.3 Å². The number of aryl methyl sites for hydroxylation is 1. The zero-order valence-corrected chi connectivity index (χ0v) is 17.3. The average molecular weight is 369 g/mol. The summed E-state index contributed by atoms with van der Waals surface area (Å²) in [5.74, 6) is 0.761. The lowest BCUT2D eigenvalue weighted by molar-refractivity contribution is 0.126. The molecular weight excluding hydrogens is 336 g/mol. The van der Waals surface area contributed by atoms with Crippen LogP contribution in [-0.4, -0.2) is 29.1 Å². The zero-order chi connectivity index (χ0) is 19.4. The molecule has 2 heterocycles. The molecule has 2 aliphatic rings. The third-order valence-corrected chi connectivity index (χ3v) is 6.48. The highest BCUT2D eigenvalue weighted by Crippen LogP contribution is 2.52. The zero-order valence-electron chi connectivity index (χ0n) is 17.3. The first-order valence-electron chi connectivity index (χ1n) is 10.2. The van der Waals surface area contributed by atoms with Gasteiger partial charge in [0.15, 0.2) is 5.43 Å². The summed E-state index contributed by atoms with van der Waals surface area (Å²) in [5.41, 5.74) is 3.70. The fraction of sp³-hybridized carbons (Fsp3) is 0.609. The van der Waals surface area contributed by atoms with Gasteiger partial charge in [0.25, 0.3) is 0 Å². The van der Waals surface area contributed by atoms with E-state index < -0.39 is 0 Å². The first kappa shape index (κ1) is 18.5. The Balaban J connectivity index is 1.69. The maximum atomic E-state index is 13.3. The van der Waals surface area contributed by atoms with Gasteiger partial charge < -0.3 is 9.72 Å². The van der Waals surface area contributed by atoms with Gasteiger partial charge in [-0.25, -0.2) is 0 Å². The third-order valence-electron chi connectivity index (χ3n) is 6.48. The second-order valence-corrected chi connectivity index (χ2v) is 9.82. The molecule has 1 saturated heterocycles. The molecule has 4 heteroatoms. The van der Waals surface area contributed by atoms with E-state index in [1.807, 2.05) is 32.0 Å². The van der Waals surface area contributed by atoms with Gasteiger partial charge in [-0.05, 0) is 62.1 Å². The van der Waals surface area contributed by atoms with Gasteiger partial charge >= 0.3 is 0 Å². The number of aromatic amines is 1. The SMILES string of the molecule is CCOc1ccc2[nH]c(C)c(CN3C[C@]4(C)C[C@@H]3CC(C)(C)C4)c(=O)c2c1. The molecule has 1 aliphatic heterocycles. The van der Waals surface area contributed by atoms with Crippen molar-refractivity contribution < 1.29 is 4.74 Å². The number of aromatic nitrogens is 1. The Kier molecular flexibility index (Phi) is 4.38. The lowest BCUT2D eigenvalue weighted by Gasteiger charge is -2.40. The van der Waals surface area contributed by atoms with E-state index in [4.69, 9.17) is 4.74 Å². The predicted molar refractivity (Wildman–Crippen MR) is 110 cm³/mol. The molecule has 2 fully saturated rings. The summed E-state index contributed by atoms with van der Waals surface area (Å²) in [6, 6.07) is 6.34. The predicted octanol–water partition coefficient (Wildman–Crippen LogP) is 4.64. The Morgan fingerprint density at radius 2 is 2.04 bits per heavy atom. The third kappa shape index (κ3) is 3.40. The van der Waals surface area contributed by atoms with Crippen molar-refractivity contribution in [3.63, 3.8) is 0 Å². The topological polar surface area (TPSA) is 45.3 Å². The van der Waals surface area contributed by atoms with Crippen LogP contribution in [0.3, 0.4) is 0 Å². The van der Waals surface area contributed by atoms with Crippen LogP contribution in [0.25, 0.3) is 10.9 Å². The minimum atomic E-state index is 0.147. The van der Waals surface area contributed by atoms with Crippen molar-refractivity contribution in [2.24, 2.45) is 10.8 Å². The highest BCUT2D eigenvalue weighted by atomic mass is 16.5. The van der Waals surface area contributed by atoms with Crippen LogP contribution >= 0.6 is 0 Å². The van der Waals surface area contributed by atoms with E-state index in [0.717, 1.165) is 41.0 Å². The molecule has 1 saturated carbocycles. The summed E-state index contributed by atoms with van der Waals surface area (Å²) < 4.78 is 5.60. The number of ether oxygens (including phenoxy) is 1. The van der Waals surface area contributed by atoms with Crippen molar-refractivity contribution in [3.05, 3.63) is 39.7 Å². The molecule has 0 amide bonds. The maximum Gasteiger partial charge on any atom is 0.194 e. The maximum absolute atomic E-state index is 13.3. The van der Waals surface area contributed by atoms with Gasteiger partial charge in [0.2, 0.25) is 0 Å². The molecule has 27 heavy (non-hydrogen) atoms. The summed E-state index contributed by atoms with van der Waals surface area (Å²) in [6.45, 7) is 13.6. The molecule has 1 N–H and O–H groups in total. The van der Waals surface area contributed by atoms with Crippen molar-refractivity contribution >= 4 is 10.9 Å². The highest BCUT2D eigenvalue weighted by molar-refractivity contribution is 5.81. The molecule has 146 valence electrons. The van der Waals surface area contributed by atoms with E-state index in [1.165, 1.54) is 19.3 Å². The number of hydrogen-bond acceptors (Lipinski definition) is 3. The van der Waals surface area contributed by atoms with Crippen LogP contribution in [0.5, 0.6) is 5.75 Å². The molecule has 0 radical (unpaired) electrons. The number of rotatable bonds is 4. The van der Waals surface area contributed by atoms with Crippen LogP contribution in [0.15, 0.2) is 23.0 Å². The molecule has 4 nitrogen and oxygen atoms in total. The second-order valence-electron chi connectivity index (χ2n) is 9.82. The molecule has 1 aliphatic carbocycles. The van der Waals surface area contributed by atoms with Crippen molar-refractivity contribution in [2.75, 3.05) is 13.2 Å². The second kappa shape index (κ2) is 6.37. The first-order valence-corrected chi connectivity index (χ1v) is 10.2.